The molecule has 2 aromatic rings. The molecule has 2 rings (SSSR count). The molecule has 6 nitrogen and oxygen atoms in total. The molecule has 0 saturated carbocycles. The summed E-state index contributed by atoms with van der Waals surface area (Å²) in [5.41, 5.74) is 6.89. The molecular weight excluding hydrogens is 276 g/mol. The zero-order chi connectivity index (χ0) is 14.4. The van der Waals surface area contributed by atoms with Gasteiger partial charge >= 0.3 is 5.97 Å². The Morgan fingerprint density at radius 3 is 2.80 bits per heavy atom. The van der Waals surface area contributed by atoms with E-state index in [0.29, 0.717) is 11.8 Å². The smallest absolute Gasteiger partial charge is 0.326 e. The van der Waals surface area contributed by atoms with Crippen LogP contribution in [0.15, 0.2) is 35.5 Å². The van der Waals surface area contributed by atoms with Gasteiger partial charge in [0, 0.05) is 5.75 Å². The average Bonchev–Trinajstić information content (AvgIpc) is 2.79. The van der Waals surface area contributed by atoms with Crippen molar-refractivity contribution in [1.29, 1.82) is 0 Å². The Morgan fingerprint density at radius 1 is 1.35 bits per heavy atom. The van der Waals surface area contributed by atoms with Crippen LogP contribution in [0, 0.1) is 0 Å². The molecule has 1 heterocycles. The van der Waals surface area contributed by atoms with Gasteiger partial charge in [-0.2, -0.15) is 0 Å². The van der Waals surface area contributed by atoms with E-state index in [4.69, 9.17) is 10.5 Å². The molecule has 0 atom stereocenters. The van der Waals surface area contributed by atoms with E-state index in [9.17, 15) is 4.79 Å². The fourth-order valence-corrected chi connectivity index (χ4v) is 2.51. The predicted octanol–water partition coefficient (Wildman–Crippen LogP) is 1.72. The number of aromatic nitrogens is 3. The Labute approximate surface area is 121 Å². The Bertz CT molecular complexity index is 571. The summed E-state index contributed by atoms with van der Waals surface area (Å²) in [6.45, 7) is 2.13. The van der Waals surface area contributed by atoms with Crippen LogP contribution >= 0.6 is 11.8 Å². The third kappa shape index (κ3) is 3.74. The van der Waals surface area contributed by atoms with Gasteiger partial charge in [-0.15, -0.1) is 10.2 Å². The topological polar surface area (TPSA) is 83.0 Å². The van der Waals surface area contributed by atoms with E-state index >= 15 is 0 Å². The number of anilines is 1. The molecule has 20 heavy (non-hydrogen) atoms. The maximum atomic E-state index is 11.5. The van der Waals surface area contributed by atoms with E-state index in [0.717, 1.165) is 5.75 Å². The lowest BCUT2D eigenvalue weighted by atomic mass is 10.2. The van der Waals surface area contributed by atoms with Gasteiger partial charge < -0.3 is 10.5 Å². The lowest BCUT2D eigenvalue weighted by Gasteiger charge is -2.07. The molecular formula is C13H16N4O2S. The van der Waals surface area contributed by atoms with E-state index < -0.39 is 0 Å². The highest BCUT2D eigenvalue weighted by molar-refractivity contribution is 7.98. The number of thioether (sulfide) groups is 1. The monoisotopic (exact) mass is 292 g/mol. The number of esters is 1. The number of rotatable bonds is 6. The predicted molar refractivity (Wildman–Crippen MR) is 77.1 cm³/mol. The SMILES string of the molecule is CCOC(=O)Cn1c(N)nnc1SCc1ccccc1. The molecule has 1 aromatic heterocycles. The summed E-state index contributed by atoms with van der Waals surface area (Å²) in [4.78, 5) is 11.5. The molecule has 0 aliphatic rings. The van der Waals surface area contributed by atoms with Crippen molar-refractivity contribution in [1.82, 2.24) is 14.8 Å². The van der Waals surface area contributed by atoms with Gasteiger partial charge in [-0.1, -0.05) is 42.1 Å². The highest BCUT2D eigenvalue weighted by Gasteiger charge is 2.14. The van der Waals surface area contributed by atoms with Crippen LogP contribution in [0.4, 0.5) is 5.95 Å². The van der Waals surface area contributed by atoms with Crippen LogP contribution in [0.2, 0.25) is 0 Å². The molecule has 0 unspecified atom stereocenters. The number of carbonyl (C=O) groups excluding carboxylic acids is 1. The standard InChI is InChI=1S/C13H16N4O2S/c1-2-19-11(18)8-17-12(14)15-16-13(17)20-9-10-6-4-3-5-7-10/h3-7H,2,8-9H2,1H3,(H2,14,15). The van der Waals surface area contributed by atoms with Gasteiger partial charge in [0.05, 0.1) is 6.61 Å². The molecule has 2 N–H and O–H groups in total. The molecule has 0 aliphatic carbocycles. The van der Waals surface area contributed by atoms with Gasteiger partial charge in [-0.05, 0) is 12.5 Å². The largest absolute Gasteiger partial charge is 0.465 e. The average molecular weight is 292 g/mol. The second-order valence-corrected chi connectivity index (χ2v) is 4.95. The van der Waals surface area contributed by atoms with Crippen molar-refractivity contribution in [3.05, 3.63) is 35.9 Å². The Hall–Kier alpha value is -2.02. The summed E-state index contributed by atoms with van der Waals surface area (Å²) in [5, 5.41) is 8.40. The first-order valence-electron chi connectivity index (χ1n) is 6.21. The fourth-order valence-electron chi connectivity index (χ4n) is 1.61. The van der Waals surface area contributed by atoms with E-state index in [-0.39, 0.29) is 18.5 Å². The van der Waals surface area contributed by atoms with Crippen molar-refractivity contribution in [2.75, 3.05) is 12.3 Å². The zero-order valence-corrected chi connectivity index (χ0v) is 12.0. The summed E-state index contributed by atoms with van der Waals surface area (Å²) in [6.07, 6.45) is 0. The number of hydrogen-bond acceptors (Lipinski definition) is 6. The highest BCUT2D eigenvalue weighted by atomic mass is 32.2. The van der Waals surface area contributed by atoms with E-state index in [1.165, 1.54) is 17.3 Å². The molecule has 0 aliphatic heterocycles. The molecule has 0 fully saturated rings. The number of ether oxygens (including phenoxy) is 1. The summed E-state index contributed by atoms with van der Waals surface area (Å²) in [5.74, 6) is 0.608. The first kappa shape index (κ1) is 14.4. The van der Waals surface area contributed by atoms with Crippen molar-refractivity contribution in [3.63, 3.8) is 0 Å². The summed E-state index contributed by atoms with van der Waals surface area (Å²) < 4.78 is 6.47. The van der Waals surface area contributed by atoms with E-state index in [1.54, 1.807) is 11.5 Å². The van der Waals surface area contributed by atoms with Crippen molar-refractivity contribution < 1.29 is 9.53 Å². The van der Waals surface area contributed by atoms with Crippen LogP contribution in [0.5, 0.6) is 0 Å². The maximum absolute atomic E-state index is 11.5. The minimum absolute atomic E-state index is 0.0315. The lowest BCUT2D eigenvalue weighted by molar-refractivity contribution is -0.143. The quantitative estimate of drug-likeness (QED) is 0.644. The van der Waals surface area contributed by atoms with Gasteiger partial charge in [-0.25, -0.2) is 0 Å². The van der Waals surface area contributed by atoms with Crippen molar-refractivity contribution in [3.8, 4) is 0 Å². The number of hydrogen-bond donors (Lipinski definition) is 1. The number of nitrogens with two attached hydrogens (primary N) is 1. The van der Waals surface area contributed by atoms with Gasteiger partial charge in [0.15, 0.2) is 5.16 Å². The number of nitrogens with zero attached hydrogens (tertiary/aromatic N) is 3. The van der Waals surface area contributed by atoms with Crippen molar-refractivity contribution in [2.45, 2.75) is 24.4 Å². The maximum Gasteiger partial charge on any atom is 0.326 e. The van der Waals surface area contributed by atoms with Crippen LogP contribution < -0.4 is 5.73 Å². The third-order valence-corrected chi connectivity index (χ3v) is 3.59. The molecule has 0 bridgehead atoms. The minimum atomic E-state index is -0.347. The second-order valence-electron chi connectivity index (χ2n) is 4.01. The first-order valence-corrected chi connectivity index (χ1v) is 7.20. The van der Waals surface area contributed by atoms with Crippen LogP contribution in [0.25, 0.3) is 0 Å². The zero-order valence-electron chi connectivity index (χ0n) is 11.2. The number of nitrogen functional groups attached to an aromatic ring is 1. The molecule has 0 radical (unpaired) electrons. The van der Waals surface area contributed by atoms with Gasteiger partial charge in [0.2, 0.25) is 5.95 Å². The van der Waals surface area contributed by atoms with E-state index in [1.807, 2.05) is 30.3 Å². The molecule has 0 amide bonds. The van der Waals surface area contributed by atoms with Crippen LogP contribution in [0.3, 0.4) is 0 Å². The number of carbonyl (C=O) groups is 1. The molecule has 0 spiro atoms. The summed E-state index contributed by atoms with van der Waals surface area (Å²) in [6, 6.07) is 9.99. The normalized spacial score (nSPS) is 10.4. The third-order valence-electron chi connectivity index (χ3n) is 2.55. The van der Waals surface area contributed by atoms with Crippen LogP contribution in [-0.4, -0.2) is 27.3 Å². The molecule has 1 aromatic carbocycles. The van der Waals surface area contributed by atoms with Crippen molar-refractivity contribution in [2.24, 2.45) is 0 Å². The van der Waals surface area contributed by atoms with Gasteiger partial charge in [-0.3, -0.25) is 9.36 Å². The number of benzene rings is 1. The lowest BCUT2D eigenvalue weighted by Crippen LogP contribution is -2.16. The second kappa shape index (κ2) is 6.95. The molecule has 0 saturated heterocycles. The van der Waals surface area contributed by atoms with Crippen molar-refractivity contribution >= 4 is 23.7 Å². The Morgan fingerprint density at radius 2 is 2.10 bits per heavy atom. The Balaban J connectivity index is 2.03. The van der Waals surface area contributed by atoms with Crippen LogP contribution in [-0.2, 0) is 21.8 Å². The molecule has 7 heteroatoms. The Kier molecular flexibility index (Phi) is 5.00. The first-order chi connectivity index (χ1) is 9.70. The highest BCUT2D eigenvalue weighted by Crippen LogP contribution is 2.22. The van der Waals surface area contributed by atoms with Crippen LogP contribution in [0.1, 0.15) is 12.5 Å². The summed E-state index contributed by atoms with van der Waals surface area (Å²) in [7, 11) is 0. The van der Waals surface area contributed by atoms with E-state index in [2.05, 4.69) is 10.2 Å². The molecule has 106 valence electrons. The van der Waals surface area contributed by atoms with Gasteiger partial charge in [0.1, 0.15) is 6.54 Å². The minimum Gasteiger partial charge on any atom is -0.465 e. The fraction of sp³-hybridized carbons (Fsp3) is 0.308. The summed E-state index contributed by atoms with van der Waals surface area (Å²) >= 11 is 1.48. The van der Waals surface area contributed by atoms with Gasteiger partial charge in [0.25, 0.3) is 0 Å².